The summed E-state index contributed by atoms with van der Waals surface area (Å²) in [6, 6.07) is 8.91. The van der Waals surface area contributed by atoms with Gasteiger partial charge in [-0.2, -0.15) is 0 Å². The van der Waals surface area contributed by atoms with E-state index in [1.165, 1.54) is 24.1 Å². The molecule has 0 spiro atoms. The molecule has 13 heavy (non-hydrogen) atoms. The minimum atomic E-state index is 0.826. The second-order valence-electron chi connectivity index (χ2n) is 4.07. The topological polar surface area (TPSA) is 12.0 Å². The first-order chi connectivity index (χ1) is 6.31. The number of benzene rings is 1. The summed E-state index contributed by atoms with van der Waals surface area (Å²) in [6.45, 7) is 3.33. The van der Waals surface area contributed by atoms with Crippen LogP contribution in [0.3, 0.4) is 0 Å². The van der Waals surface area contributed by atoms with Crippen LogP contribution in [0, 0.1) is 12.8 Å². The summed E-state index contributed by atoms with van der Waals surface area (Å²) < 4.78 is 0. The first kappa shape index (κ1) is 8.76. The fourth-order valence-electron chi connectivity index (χ4n) is 2.04. The van der Waals surface area contributed by atoms with Gasteiger partial charge in [0.25, 0.3) is 0 Å². The van der Waals surface area contributed by atoms with Crippen LogP contribution in [-0.4, -0.2) is 13.6 Å². The highest BCUT2D eigenvalue weighted by molar-refractivity contribution is 5.29. The Labute approximate surface area is 80.2 Å². The summed E-state index contributed by atoms with van der Waals surface area (Å²) in [5.74, 6) is 1.71. The number of nitrogens with one attached hydrogen (secondary N) is 1. The summed E-state index contributed by atoms with van der Waals surface area (Å²) in [7, 11) is 2.03. The Hall–Kier alpha value is -0.820. The first-order valence-corrected chi connectivity index (χ1v) is 5.02. The van der Waals surface area contributed by atoms with Gasteiger partial charge in [-0.1, -0.05) is 29.8 Å². The van der Waals surface area contributed by atoms with Crippen LogP contribution in [0.15, 0.2) is 24.3 Å². The van der Waals surface area contributed by atoms with Gasteiger partial charge >= 0.3 is 0 Å². The zero-order valence-electron chi connectivity index (χ0n) is 8.38. The van der Waals surface area contributed by atoms with Crippen molar-refractivity contribution >= 4 is 0 Å². The summed E-state index contributed by atoms with van der Waals surface area (Å²) in [5.41, 5.74) is 2.91. The SMILES string of the molecule is CNC[C@H]1C[C@H]1c1cccc(C)c1. The predicted octanol–water partition coefficient (Wildman–Crippen LogP) is 2.32. The summed E-state index contributed by atoms with van der Waals surface area (Å²) in [6.07, 6.45) is 1.37. The van der Waals surface area contributed by atoms with E-state index in [2.05, 4.69) is 36.5 Å². The van der Waals surface area contributed by atoms with Gasteiger partial charge in [0.15, 0.2) is 0 Å². The Kier molecular flexibility index (Phi) is 2.36. The van der Waals surface area contributed by atoms with E-state index >= 15 is 0 Å². The highest BCUT2D eigenvalue weighted by Gasteiger charge is 2.37. The number of hydrogen-bond acceptors (Lipinski definition) is 1. The molecule has 0 radical (unpaired) electrons. The van der Waals surface area contributed by atoms with Crippen molar-refractivity contribution < 1.29 is 0 Å². The van der Waals surface area contributed by atoms with Crippen LogP contribution in [0.1, 0.15) is 23.5 Å². The van der Waals surface area contributed by atoms with Crippen LogP contribution < -0.4 is 5.32 Å². The van der Waals surface area contributed by atoms with Crippen molar-refractivity contribution in [3.63, 3.8) is 0 Å². The van der Waals surface area contributed by atoms with Crippen molar-refractivity contribution in [2.24, 2.45) is 5.92 Å². The van der Waals surface area contributed by atoms with Gasteiger partial charge in [-0.25, -0.2) is 0 Å². The molecule has 0 saturated heterocycles. The molecule has 1 fully saturated rings. The summed E-state index contributed by atoms with van der Waals surface area (Å²) in [4.78, 5) is 0. The Balaban J connectivity index is 2.03. The van der Waals surface area contributed by atoms with Crippen molar-refractivity contribution in [3.05, 3.63) is 35.4 Å². The first-order valence-electron chi connectivity index (χ1n) is 5.02. The quantitative estimate of drug-likeness (QED) is 0.743. The molecule has 0 bridgehead atoms. The molecule has 70 valence electrons. The van der Waals surface area contributed by atoms with E-state index in [9.17, 15) is 0 Å². The van der Waals surface area contributed by atoms with Gasteiger partial charge in [-0.15, -0.1) is 0 Å². The van der Waals surface area contributed by atoms with Gasteiger partial charge in [-0.05, 0) is 44.3 Å². The van der Waals surface area contributed by atoms with Gasteiger partial charge in [0, 0.05) is 0 Å². The highest BCUT2D eigenvalue weighted by Crippen LogP contribution is 2.46. The third-order valence-electron chi connectivity index (χ3n) is 2.86. The van der Waals surface area contributed by atoms with Gasteiger partial charge in [0.2, 0.25) is 0 Å². The molecule has 1 aromatic carbocycles. The molecular formula is C12H17N. The standard InChI is InChI=1S/C12H17N/c1-9-4-3-5-10(6-9)12-7-11(12)8-13-2/h3-6,11-13H,7-8H2,1-2H3/t11-,12+/m1/s1. The second kappa shape index (κ2) is 3.51. The largest absolute Gasteiger partial charge is 0.319 e. The zero-order chi connectivity index (χ0) is 9.26. The van der Waals surface area contributed by atoms with E-state index in [4.69, 9.17) is 0 Å². The van der Waals surface area contributed by atoms with Crippen molar-refractivity contribution in [1.82, 2.24) is 5.32 Å². The van der Waals surface area contributed by atoms with Crippen LogP contribution >= 0.6 is 0 Å². The zero-order valence-corrected chi connectivity index (χ0v) is 8.38. The maximum Gasteiger partial charge on any atom is -0.00175 e. The van der Waals surface area contributed by atoms with Gasteiger partial charge in [0.05, 0.1) is 0 Å². The lowest BCUT2D eigenvalue weighted by Gasteiger charge is -2.01. The van der Waals surface area contributed by atoms with E-state index in [1.54, 1.807) is 0 Å². The van der Waals surface area contributed by atoms with E-state index < -0.39 is 0 Å². The molecule has 0 aliphatic heterocycles. The molecule has 2 atom stereocenters. The predicted molar refractivity (Wildman–Crippen MR) is 56.0 cm³/mol. The third-order valence-corrected chi connectivity index (χ3v) is 2.86. The Morgan fingerprint density at radius 1 is 1.46 bits per heavy atom. The molecule has 0 amide bonds. The smallest absolute Gasteiger partial charge is 0.00175 e. The van der Waals surface area contributed by atoms with E-state index in [0.717, 1.165) is 11.8 Å². The van der Waals surface area contributed by atoms with Crippen LogP contribution in [0.4, 0.5) is 0 Å². The Bertz CT molecular complexity index is 293. The third kappa shape index (κ3) is 1.92. The molecule has 1 heteroatoms. The van der Waals surface area contributed by atoms with Crippen LogP contribution in [0.2, 0.25) is 0 Å². The number of rotatable bonds is 3. The van der Waals surface area contributed by atoms with Crippen LogP contribution in [0.5, 0.6) is 0 Å². The molecule has 1 nitrogen and oxygen atoms in total. The molecule has 0 aromatic heterocycles. The lowest BCUT2D eigenvalue weighted by atomic mass is 10.1. The summed E-state index contributed by atoms with van der Waals surface area (Å²) in [5, 5.41) is 3.24. The van der Waals surface area contributed by atoms with E-state index in [0.29, 0.717) is 0 Å². The van der Waals surface area contributed by atoms with E-state index in [1.807, 2.05) is 7.05 Å². The Morgan fingerprint density at radius 2 is 2.31 bits per heavy atom. The lowest BCUT2D eigenvalue weighted by molar-refractivity contribution is 0.698. The average Bonchev–Trinajstić information content (AvgIpc) is 2.85. The fraction of sp³-hybridized carbons (Fsp3) is 0.500. The molecule has 1 saturated carbocycles. The molecule has 1 N–H and O–H groups in total. The lowest BCUT2D eigenvalue weighted by Crippen LogP contribution is -2.10. The van der Waals surface area contributed by atoms with Gasteiger partial charge in [0.1, 0.15) is 0 Å². The molecule has 2 rings (SSSR count). The van der Waals surface area contributed by atoms with Crippen LogP contribution in [0.25, 0.3) is 0 Å². The minimum Gasteiger partial charge on any atom is -0.319 e. The van der Waals surface area contributed by atoms with Crippen molar-refractivity contribution in [3.8, 4) is 0 Å². The van der Waals surface area contributed by atoms with Crippen molar-refractivity contribution in [2.75, 3.05) is 13.6 Å². The minimum absolute atomic E-state index is 0.826. The summed E-state index contributed by atoms with van der Waals surface area (Å²) >= 11 is 0. The highest BCUT2D eigenvalue weighted by atomic mass is 14.8. The van der Waals surface area contributed by atoms with Gasteiger partial charge in [-0.3, -0.25) is 0 Å². The second-order valence-corrected chi connectivity index (χ2v) is 4.07. The molecular weight excluding hydrogens is 158 g/mol. The van der Waals surface area contributed by atoms with Crippen molar-refractivity contribution in [2.45, 2.75) is 19.3 Å². The van der Waals surface area contributed by atoms with Crippen molar-refractivity contribution in [1.29, 1.82) is 0 Å². The number of hydrogen-bond donors (Lipinski definition) is 1. The van der Waals surface area contributed by atoms with Gasteiger partial charge < -0.3 is 5.32 Å². The van der Waals surface area contributed by atoms with Crippen LogP contribution in [-0.2, 0) is 0 Å². The molecule has 0 unspecified atom stereocenters. The van der Waals surface area contributed by atoms with E-state index in [-0.39, 0.29) is 0 Å². The fourth-order valence-corrected chi connectivity index (χ4v) is 2.04. The maximum atomic E-state index is 3.24. The molecule has 1 aromatic rings. The maximum absolute atomic E-state index is 3.24. The average molecular weight is 175 g/mol. The molecule has 1 aliphatic rings. The normalized spacial score (nSPS) is 26.0. The monoisotopic (exact) mass is 175 g/mol. The number of aryl methyl sites for hydroxylation is 1. The molecule has 1 aliphatic carbocycles. The Morgan fingerprint density at radius 3 is 3.00 bits per heavy atom. The molecule has 0 heterocycles.